The number of hydrogen-bond acceptors (Lipinski definition) is 5. The Morgan fingerprint density at radius 2 is 1.74 bits per heavy atom. The van der Waals surface area contributed by atoms with E-state index < -0.39 is 23.3 Å². The summed E-state index contributed by atoms with van der Waals surface area (Å²) in [5.74, 6) is -1.90. The van der Waals surface area contributed by atoms with Gasteiger partial charge in [-0.15, -0.1) is 0 Å². The van der Waals surface area contributed by atoms with Crippen molar-refractivity contribution in [2.75, 3.05) is 13.2 Å². The second kappa shape index (κ2) is 8.52. The average molecular weight is 269 g/mol. The minimum Gasteiger partial charge on any atom is -0.466 e. The summed E-state index contributed by atoms with van der Waals surface area (Å²) in [5, 5.41) is 9.43. The average Bonchev–Trinajstić information content (AvgIpc) is 2.40. The third kappa shape index (κ3) is 3.95. The predicted molar refractivity (Wildman–Crippen MR) is 70.0 cm³/mol. The first kappa shape index (κ1) is 17.4. The van der Waals surface area contributed by atoms with Gasteiger partial charge in [-0.25, -0.2) is 0 Å². The molecule has 0 radical (unpaired) electrons. The van der Waals surface area contributed by atoms with Crippen molar-refractivity contribution in [1.29, 1.82) is 5.26 Å². The Morgan fingerprint density at radius 1 is 1.16 bits per heavy atom. The van der Waals surface area contributed by atoms with E-state index in [0.717, 1.165) is 0 Å². The number of ether oxygens (including phenoxy) is 2. The first-order valence-electron chi connectivity index (χ1n) is 6.79. The summed E-state index contributed by atoms with van der Waals surface area (Å²) >= 11 is 0. The van der Waals surface area contributed by atoms with E-state index in [-0.39, 0.29) is 19.6 Å². The van der Waals surface area contributed by atoms with Crippen LogP contribution in [0.25, 0.3) is 0 Å². The van der Waals surface area contributed by atoms with Crippen LogP contribution in [-0.4, -0.2) is 25.2 Å². The van der Waals surface area contributed by atoms with Crippen molar-refractivity contribution in [1.82, 2.24) is 0 Å². The number of rotatable bonds is 8. The molecule has 0 rings (SSSR count). The quantitative estimate of drug-likeness (QED) is 0.632. The van der Waals surface area contributed by atoms with E-state index in [0.29, 0.717) is 12.8 Å². The lowest BCUT2D eigenvalue weighted by Gasteiger charge is -2.30. The molecular formula is C14H23NO4. The van der Waals surface area contributed by atoms with Crippen LogP contribution in [0, 0.1) is 22.7 Å². The van der Waals surface area contributed by atoms with Crippen LogP contribution in [-0.2, 0) is 19.1 Å². The second-order valence-electron chi connectivity index (χ2n) is 4.25. The Hall–Kier alpha value is -1.57. The van der Waals surface area contributed by atoms with Gasteiger partial charge in [0, 0.05) is 0 Å². The fourth-order valence-corrected chi connectivity index (χ4v) is 2.09. The molecule has 0 saturated carbocycles. The Balaban J connectivity index is 5.44. The van der Waals surface area contributed by atoms with Gasteiger partial charge in [-0.2, -0.15) is 5.26 Å². The Labute approximate surface area is 114 Å². The molecular weight excluding hydrogens is 246 g/mol. The number of nitriles is 1. The maximum absolute atomic E-state index is 12.1. The second-order valence-corrected chi connectivity index (χ2v) is 4.25. The van der Waals surface area contributed by atoms with Gasteiger partial charge in [0.1, 0.15) is 0 Å². The molecule has 5 nitrogen and oxygen atoms in total. The number of carbonyl (C=O) groups excluding carboxylic acids is 2. The molecule has 0 amide bonds. The molecule has 19 heavy (non-hydrogen) atoms. The van der Waals surface area contributed by atoms with E-state index in [4.69, 9.17) is 9.47 Å². The molecule has 2 atom stereocenters. The van der Waals surface area contributed by atoms with E-state index in [2.05, 4.69) is 0 Å². The lowest BCUT2D eigenvalue weighted by atomic mass is 9.72. The van der Waals surface area contributed by atoms with Crippen LogP contribution in [0.2, 0.25) is 0 Å². The third-order valence-electron chi connectivity index (χ3n) is 3.14. The lowest BCUT2D eigenvalue weighted by molar-refractivity contribution is -0.166. The maximum atomic E-state index is 12.1. The highest BCUT2D eigenvalue weighted by Gasteiger charge is 2.50. The van der Waals surface area contributed by atoms with E-state index >= 15 is 0 Å². The minimum absolute atomic E-state index is 0.184. The summed E-state index contributed by atoms with van der Waals surface area (Å²) in [6, 6.07) is 2.00. The smallest absolute Gasteiger partial charge is 0.327 e. The molecule has 0 aromatic carbocycles. The summed E-state index contributed by atoms with van der Waals surface area (Å²) in [4.78, 5) is 24.1. The number of nitrogens with zero attached hydrogens (tertiary/aromatic N) is 1. The van der Waals surface area contributed by atoms with E-state index in [1.807, 2.05) is 13.0 Å². The van der Waals surface area contributed by atoms with Gasteiger partial charge in [-0.05, 0) is 26.7 Å². The van der Waals surface area contributed by atoms with Crippen LogP contribution in [0.3, 0.4) is 0 Å². The van der Waals surface area contributed by atoms with E-state index in [9.17, 15) is 14.9 Å². The molecule has 0 fully saturated rings. The van der Waals surface area contributed by atoms with Crippen molar-refractivity contribution in [2.24, 2.45) is 11.3 Å². The molecule has 5 heteroatoms. The fraction of sp³-hybridized carbons (Fsp3) is 0.786. The molecule has 0 heterocycles. The number of carbonyl (C=O) groups is 2. The molecule has 0 spiro atoms. The van der Waals surface area contributed by atoms with Crippen LogP contribution < -0.4 is 0 Å². The molecule has 2 unspecified atom stereocenters. The first-order valence-corrected chi connectivity index (χ1v) is 6.79. The number of esters is 2. The van der Waals surface area contributed by atoms with Gasteiger partial charge in [-0.3, -0.25) is 9.59 Å². The summed E-state index contributed by atoms with van der Waals surface area (Å²) in [6.45, 7) is 7.40. The van der Waals surface area contributed by atoms with Crippen LogP contribution >= 0.6 is 0 Å². The standard InChI is InChI=1S/C14H23NO4/c1-5-9-11(12(16)18-7-3)14(6-2,10-15)13(17)19-8-4/h11H,5-9H2,1-4H3. The van der Waals surface area contributed by atoms with Crippen LogP contribution in [0.4, 0.5) is 0 Å². The molecule has 0 aliphatic carbocycles. The van der Waals surface area contributed by atoms with Crippen LogP contribution in [0.15, 0.2) is 0 Å². The van der Waals surface area contributed by atoms with Gasteiger partial charge in [0.15, 0.2) is 5.41 Å². The van der Waals surface area contributed by atoms with E-state index in [1.165, 1.54) is 0 Å². The largest absolute Gasteiger partial charge is 0.466 e. The van der Waals surface area contributed by atoms with Gasteiger partial charge in [0.2, 0.25) is 0 Å². The third-order valence-corrected chi connectivity index (χ3v) is 3.14. The van der Waals surface area contributed by atoms with E-state index in [1.54, 1.807) is 20.8 Å². The zero-order valence-electron chi connectivity index (χ0n) is 12.2. The predicted octanol–water partition coefficient (Wildman–Crippen LogP) is 2.45. The molecule has 0 N–H and O–H groups in total. The highest BCUT2D eigenvalue weighted by atomic mass is 16.5. The van der Waals surface area contributed by atoms with Gasteiger partial charge >= 0.3 is 11.9 Å². The molecule has 0 aliphatic rings. The SMILES string of the molecule is CCCC(C(=O)OCC)C(C#N)(CC)C(=O)OCC. The topological polar surface area (TPSA) is 76.4 Å². The van der Waals surface area contributed by atoms with Crippen molar-refractivity contribution in [2.45, 2.75) is 47.0 Å². The summed E-state index contributed by atoms with van der Waals surface area (Å²) < 4.78 is 9.97. The van der Waals surface area contributed by atoms with Crippen molar-refractivity contribution in [3.05, 3.63) is 0 Å². The Kier molecular flexibility index (Phi) is 7.81. The van der Waals surface area contributed by atoms with Crippen LogP contribution in [0.5, 0.6) is 0 Å². The van der Waals surface area contributed by atoms with Crippen molar-refractivity contribution in [3.8, 4) is 6.07 Å². The highest BCUT2D eigenvalue weighted by molar-refractivity contribution is 5.87. The van der Waals surface area contributed by atoms with Crippen molar-refractivity contribution in [3.63, 3.8) is 0 Å². The molecule has 108 valence electrons. The minimum atomic E-state index is -1.45. The van der Waals surface area contributed by atoms with Gasteiger partial charge in [-0.1, -0.05) is 20.3 Å². The van der Waals surface area contributed by atoms with Crippen molar-refractivity contribution < 1.29 is 19.1 Å². The molecule has 0 aliphatic heterocycles. The van der Waals surface area contributed by atoms with Gasteiger partial charge < -0.3 is 9.47 Å². The zero-order valence-corrected chi connectivity index (χ0v) is 12.2. The molecule has 0 saturated heterocycles. The number of hydrogen-bond donors (Lipinski definition) is 0. The lowest BCUT2D eigenvalue weighted by Crippen LogP contribution is -2.43. The summed E-state index contributed by atoms with van der Waals surface area (Å²) in [5.41, 5.74) is -1.45. The van der Waals surface area contributed by atoms with Crippen molar-refractivity contribution >= 4 is 11.9 Å². The monoisotopic (exact) mass is 269 g/mol. The maximum Gasteiger partial charge on any atom is 0.327 e. The summed E-state index contributed by atoms with van der Waals surface area (Å²) in [7, 11) is 0. The summed E-state index contributed by atoms with van der Waals surface area (Å²) in [6.07, 6.45) is 1.34. The van der Waals surface area contributed by atoms with Gasteiger partial charge in [0.05, 0.1) is 25.2 Å². The fourth-order valence-electron chi connectivity index (χ4n) is 2.09. The normalized spacial score (nSPS) is 14.9. The zero-order chi connectivity index (χ0) is 14.9. The Bertz CT molecular complexity index is 348. The molecule has 0 aromatic rings. The molecule has 0 aromatic heterocycles. The highest BCUT2D eigenvalue weighted by Crippen LogP contribution is 2.36. The van der Waals surface area contributed by atoms with Gasteiger partial charge in [0.25, 0.3) is 0 Å². The molecule has 0 bridgehead atoms. The first-order chi connectivity index (χ1) is 9.03. The van der Waals surface area contributed by atoms with Crippen LogP contribution in [0.1, 0.15) is 47.0 Å². The Morgan fingerprint density at radius 3 is 2.11 bits per heavy atom.